The minimum Gasteiger partial charge on any atom is -0.396 e. The zero-order valence-corrected chi connectivity index (χ0v) is 9.85. The fourth-order valence-electron chi connectivity index (χ4n) is 2.26. The maximum Gasteiger partial charge on any atom is 0.280 e. The molecule has 1 fully saturated rings. The molecule has 1 aliphatic rings. The van der Waals surface area contributed by atoms with Crippen molar-refractivity contribution < 1.29 is 14.9 Å². The molecule has 3 rings (SSSR count). The number of aromatic nitrogens is 4. The van der Waals surface area contributed by atoms with E-state index in [-0.39, 0.29) is 30.6 Å². The summed E-state index contributed by atoms with van der Waals surface area (Å²) in [6.07, 6.45) is 0.473. The van der Waals surface area contributed by atoms with Crippen LogP contribution in [0, 0.1) is 5.92 Å². The number of aliphatic hydroxyl groups is 2. The van der Waals surface area contributed by atoms with Crippen molar-refractivity contribution in [3.05, 3.63) is 16.7 Å². The van der Waals surface area contributed by atoms with Crippen molar-refractivity contribution in [1.29, 1.82) is 0 Å². The summed E-state index contributed by atoms with van der Waals surface area (Å²) in [5.41, 5.74) is 5.51. The number of nitrogens with two attached hydrogens (primary N) is 1. The molecule has 0 aromatic carbocycles. The first-order valence-corrected chi connectivity index (χ1v) is 5.75. The maximum absolute atomic E-state index is 11.6. The normalized spacial score (nSPS) is 26.5. The van der Waals surface area contributed by atoms with Crippen molar-refractivity contribution in [3.63, 3.8) is 0 Å². The Balaban J connectivity index is 2.05. The molecule has 1 aliphatic heterocycles. The number of nitrogen functional groups attached to an aromatic ring is 1. The molecule has 0 bridgehead atoms. The summed E-state index contributed by atoms with van der Waals surface area (Å²) in [6, 6.07) is 0. The summed E-state index contributed by atoms with van der Waals surface area (Å²) in [5, 5.41) is 18.4. The number of nitrogens with one attached hydrogen (secondary N) is 1. The van der Waals surface area contributed by atoms with Crippen LogP contribution in [0.3, 0.4) is 0 Å². The Morgan fingerprint density at radius 2 is 2.26 bits per heavy atom. The Morgan fingerprint density at radius 3 is 2.95 bits per heavy atom. The first-order chi connectivity index (χ1) is 9.15. The molecule has 0 saturated carbocycles. The average Bonchev–Trinajstić information content (AvgIpc) is 2.73. The number of imidazole rings is 1. The molecule has 1 saturated heterocycles. The summed E-state index contributed by atoms with van der Waals surface area (Å²) in [7, 11) is 0. The topological polar surface area (TPSA) is 139 Å². The van der Waals surface area contributed by atoms with E-state index in [1.165, 1.54) is 10.9 Å². The van der Waals surface area contributed by atoms with Gasteiger partial charge in [-0.05, 0) is 0 Å². The number of hydrogen-bond acceptors (Lipinski definition) is 7. The van der Waals surface area contributed by atoms with Crippen LogP contribution in [0.1, 0.15) is 6.23 Å². The van der Waals surface area contributed by atoms with Gasteiger partial charge in [-0.25, -0.2) is 4.98 Å². The van der Waals surface area contributed by atoms with Crippen molar-refractivity contribution in [2.24, 2.45) is 5.92 Å². The van der Waals surface area contributed by atoms with Gasteiger partial charge in [-0.15, -0.1) is 0 Å². The van der Waals surface area contributed by atoms with Gasteiger partial charge in [0.25, 0.3) is 5.56 Å². The number of hydrogen-bond donors (Lipinski definition) is 4. The second-order valence-corrected chi connectivity index (χ2v) is 4.37. The van der Waals surface area contributed by atoms with E-state index < -0.39 is 17.9 Å². The summed E-state index contributed by atoms with van der Waals surface area (Å²) >= 11 is 0. The molecule has 9 heteroatoms. The third kappa shape index (κ3) is 1.70. The number of aromatic amines is 1. The SMILES string of the molecule is Nc1nc2c(ncn2[C@@H]2O[C@H](CO)[C@H]2CO)c(=O)[nH]1. The van der Waals surface area contributed by atoms with Crippen molar-refractivity contribution in [2.45, 2.75) is 12.3 Å². The van der Waals surface area contributed by atoms with Crippen LogP contribution in [0.15, 0.2) is 11.1 Å². The van der Waals surface area contributed by atoms with E-state index in [2.05, 4.69) is 15.0 Å². The predicted molar refractivity (Wildman–Crippen MR) is 64.1 cm³/mol. The van der Waals surface area contributed by atoms with Gasteiger partial charge < -0.3 is 20.7 Å². The maximum atomic E-state index is 11.6. The van der Waals surface area contributed by atoms with E-state index in [1.54, 1.807) is 0 Å². The van der Waals surface area contributed by atoms with Gasteiger partial charge in [-0.1, -0.05) is 0 Å². The Bertz CT molecular complexity index is 665. The lowest BCUT2D eigenvalue weighted by molar-refractivity contribution is -0.243. The largest absolute Gasteiger partial charge is 0.396 e. The molecule has 102 valence electrons. The van der Waals surface area contributed by atoms with Crippen molar-refractivity contribution in [2.75, 3.05) is 18.9 Å². The van der Waals surface area contributed by atoms with Crippen LogP contribution in [0.4, 0.5) is 5.95 Å². The van der Waals surface area contributed by atoms with Crippen molar-refractivity contribution in [3.8, 4) is 0 Å². The van der Waals surface area contributed by atoms with Crippen LogP contribution < -0.4 is 11.3 Å². The van der Waals surface area contributed by atoms with E-state index in [4.69, 9.17) is 15.6 Å². The highest BCUT2D eigenvalue weighted by molar-refractivity contribution is 5.70. The van der Waals surface area contributed by atoms with Crippen molar-refractivity contribution >= 4 is 17.1 Å². The fraction of sp³-hybridized carbons (Fsp3) is 0.500. The van der Waals surface area contributed by atoms with Crippen LogP contribution in [0.25, 0.3) is 11.2 Å². The number of rotatable bonds is 3. The molecule has 3 atom stereocenters. The van der Waals surface area contributed by atoms with Gasteiger partial charge in [-0.2, -0.15) is 4.98 Å². The highest BCUT2D eigenvalue weighted by atomic mass is 16.5. The third-order valence-corrected chi connectivity index (χ3v) is 3.27. The van der Waals surface area contributed by atoms with Gasteiger partial charge in [-0.3, -0.25) is 14.3 Å². The minimum atomic E-state index is -0.513. The smallest absolute Gasteiger partial charge is 0.280 e. The van der Waals surface area contributed by atoms with Gasteiger partial charge in [0.2, 0.25) is 5.95 Å². The number of aliphatic hydroxyl groups excluding tert-OH is 2. The van der Waals surface area contributed by atoms with E-state index in [0.29, 0.717) is 5.65 Å². The summed E-state index contributed by atoms with van der Waals surface area (Å²) in [4.78, 5) is 22.0. The lowest BCUT2D eigenvalue weighted by Crippen LogP contribution is -2.49. The Labute approximate surface area is 106 Å². The molecule has 0 aliphatic carbocycles. The number of H-pyrrole nitrogens is 1. The molecule has 0 spiro atoms. The zero-order valence-electron chi connectivity index (χ0n) is 9.85. The molecule has 5 N–H and O–H groups in total. The minimum absolute atomic E-state index is 0.0159. The lowest BCUT2D eigenvalue weighted by Gasteiger charge is -2.43. The molecule has 9 nitrogen and oxygen atoms in total. The van der Waals surface area contributed by atoms with E-state index in [9.17, 15) is 9.90 Å². The molecule has 0 amide bonds. The molecule has 19 heavy (non-hydrogen) atoms. The van der Waals surface area contributed by atoms with Crippen LogP contribution in [0.5, 0.6) is 0 Å². The van der Waals surface area contributed by atoms with Gasteiger partial charge in [0.05, 0.1) is 31.6 Å². The molecule has 2 aromatic rings. The number of fused-ring (bicyclic) bond motifs is 1. The zero-order chi connectivity index (χ0) is 13.6. The Morgan fingerprint density at radius 1 is 1.47 bits per heavy atom. The number of ether oxygens (including phenoxy) is 1. The van der Waals surface area contributed by atoms with E-state index >= 15 is 0 Å². The second-order valence-electron chi connectivity index (χ2n) is 4.37. The summed E-state index contributed by atoms with van der Waals surface area (Å²) in [6.45, 7) is -0.321. The average molecular weight is 267 g/mol. The predicted octanol–water partition coefficient (Wildman–Crippen LogP) is -1.80. The standard InChI is InChI=1S/C10H13N5O4/c11-10-13-7-6(8(18)14-10)12-3-15(7)9-4(1-16)5(2-17)19-9/h3-5,9,16-17H,1-2H2,(H3,11,13,14,18)/t4-,5-,9-/m1/s1. The fourth-order valence-corrected chi connectivity index (χ4v) is 2.26. The summed E-state index contributed by atoms with van der Waals surface area (Å²) < 4.78 is 6.98. The van der Waals surface area contributed by atoms with E-state index in [1.807, 2.05) is 0 Å². The Hall–Kier alpha value is -1.97. The summed E-state index contributed by atoms with van der Waals surface area (Å²) in [5.74, 6) is -0.289. The van der Waals surface area contributed by atoms with Gasteiger partial charge in [0.15, 0.2) is 11.2 Å². The molecular weight excluding hydrogens is 254 g/mol. The number of nitrogens with zero attached hydrogens (tertiary/aromatic N) is 3. The number of anilines is 1. The molecule has 0 unspecified atom stereocenters. The first kappa shape index (κ1) is 12.1. The molecule has 2 aromatic heterocycles. The Kier molecular flexibility index (Phi) is 2.73. The lowest BCUT2D eigenvalue weighted by atomic mass is 9.95. The molecular formula is C10H13N5O4. The highest BCUT2D eigenvalue weighted by Gasteiger charge is 2.43. The van der Waals surface area contributed by atoms with Crippen LogP contribution >= 0.6 is 0 Å². The first-order valence-electron chi connectivity index (χ1n) is 5.75. The van der Waals surface area contributed by atoms with E-state index in [0.717, 1.165) is 0 Å². The van der Waals surface area contributed by atoms with Crippen LogP contribution in [0.2, 0.25) is 0 Å². The van der Waals surface area contributed by atoms with Crippen molar-refractivity contribution in [1.82, 2.24) is 19.5 Å². The monoisotopic (exact) mass is 267 g/mol. The highest BCUT2D eigenvalue weighted by Crippen LogP contribution is 2.37. The quantitative estimate of drug-likeness (QED) is 0.514. The van der Waals surface area contributed by atoms with Gasteiger partial charge >= 0.3 is 0 Å². The third-order valence-electron chi connectivity index (χ3n) is 3.27. The van der Waals surface area contributed by atoms with Gasteiger partial charge in [0.1, 0.15) is 6.23 Å². The molecule has 3 heterocycles. The van der Waals surface area contributed by atoms with Crippen LogP contribution in [-0.4, -0.2) is 49.0 Å². The van der Waals surface area contributed by atoms with Gasteiger partial charge in [0, 0.05) is 0 Å². The van der Waals surface area contributed by atoms with Crippen LogP contribution in [-0.2, 0) is 4.74 Å². The molecule has 0 radical (unpaired) electrons. The second kappa shape index (κ2) is 4.30.